The molecule has 1 aromatic heterocycles. The van der Waals surface area contributed by atoms with E-state index in [1.165, 1.54) is 13.3 Å². The molecule has 1 aliphatic rings. The fourth-order valence-corrected chi connectivity index (χ4v) is 1.97. The van der Waals surface area contributed by atoms with E-state index in [4.69, 9.17) is 9.47 Å². The predicted octanol–water partition coefficient (Wildman–Crippen LogP) is 0.944. The maximum atomic E-state index is 10.2. The lowest BCUT2D eigenvalue weighted by molar-refractivity contribution is -0.0211. The molecule has 1 aromatic rings. The van der Waals surface area contributed by atoms with Crippen LogP contribution in [0.25, 0.3) is 0 Å². The van der Waals surface area contributed by atoms with E-state index >= 15 is 0 Å². The lowest BCUT2D eigenvalue weighted by Gasteiger charge is -2.21. The lowest BCUT2D eigenvalue weighted by Crippen LogP contribution is -2.24. The number of hydrogen-bond donors (Lipinski definition) is 1. The molecule has 1 aliphatic heterocycles. The molecular formula is C11H16N2O3. The summed E-state index contributed by atoms with van der Waals surface area (Å²) >= 11 is 0. The molecule has 0 aliphatic carbocycles. The molecule has 5 nitrogen and oxygen atoms in total. The average molecular weight is 224 g/mol. The second-order valence-corrected chi connectivity index (χ2v) is 4.00. The molecule has 5 heteroatoms. The van der Waals surface area contributed by atoms with E-state index in [0.717, 1.165) is 6.42 Å². The van der Waals surface area contributed by atoms with Gasteiger partial charge in [0.2, 0.25) is 5.88 Å². The zero-order valence-electron chi connectivity index (χ0n) is 9.46. The minimum absolute atomic E-state index is 0.217. The Morgan fingerprint density at radius 3 is 2.88 bits per heavy atom. The highest BCUT2D eigenvalue weighted by molar-refractivity contribution is 5.21. The van der Waals surface area contributed by atoms with Gasteiger partial charge in [-0.15, -0.1) is 0 Å². The van der Waals surface area contributed by atoms with Crippen molar-refractivity contribution in [3.05, 3.63) is 18.1 Å². The van der Waals surface area contributed by atoms with E-state index in [-0.39, 0.29) is 6.10 Å². The van der Waals surface area contributed by atoms with Gasteiger partial charge in [0.25, 0.3) is 0 Å². The Morgan fingerprint density at radius 2 is 2.25 bits per heavy atom. The normalized spacial score (nSPS) is 26.7. The first-order chi connectivity index (χ1) is 7.74. The molecule has 0 amide bonds. The molecule has 2 rings (SSSR count). The molecule has 1 fully saturated rings. The second-order valence-electron chi connectivity index (χ2n) is 4.00. The van der Waals surface area contributed by atoms with Crippen LogP contribution < -0.4 is 4.74 Å². The maximum Gasteiger partial charge on any atom is 0.238 e. The second kappa shape index (κ2) is 4.76. The van der Waals surface area contributed by atoms with Crippen LogP contribution in [0.1, 0.15) is 25.1 Å². The first-order valence-electron chi connectivity index (χ1n) is 5.38. The Labute approximate surface area is 94.4 Å². The van der Waals surface area contributed by atoms with Crippen molar-refractivity contribution in [2.24, 2.45) is 5.92 Å². The van der Waals surface area contributed by atoms with E-state index in [1.54, 1.807) is 6.20 Å². The topological polar surface area (TPSA) is 64.5 Å². The van der Waals surface area contributed by atoms with Crippen LogP contribution in [0.2, 0.25) is 0 Å². The van der Waals surface area contributed by atoms with Gasteiger partial charge in [-0.25, -0.2) is 4.98 Å². The largest absolute Gasteiger partial charge is 0.480 e. The Balaban J connectivity index is 2.22. The highest BCUT2D eigenvalue weighted by Crippen LogP contribution is 2.32. The van der Waals surface area contributed by atoms with Crippen LogP contribution in [-0.2, 0) is 4.74 Å². The van der Waals surface area contributed by atoms with Crippen molar-refractivity contribution < 1.29 is 14.6 Å². The van der Waals surface area contributed by atoms with Crippen molar-refractivity contribution in [1.82, 2.24) is 9.97 Å². The van der Waals surface area contributed by atoms with Crippen LogP contribution in [0.3, 0.4) is 0 Å². The summed E-state index contributed by atoms with van der Waals surface area (Å²) in [6, 6.07) is 0. The Kier molecular flexibility index (Phi) is 3.36. The summed E-state index contributed by atoms with van der Waals surface area (Å²) in [5.41, 5.74) is 0.448. The van der Waals surface area contributed by atoms with Crippen molar-refractivity contribution in [3.63, 3.8) is 0 Å². The predicted molar refractivity (Wildman–Crippen MR) is 57.1 cm³/mol. The summed E-state index contributed by atoms with van der Waals surface area (Å²) < 4.78 is 10.6. The van der Waals surface area contributed by atoms with Gasteiger partial charge < -0.3 is 14.6 Å². The molecule has 88 valence electrons. The number of aromatic nitrogens is 2. The van der Waals surface area contributed by atoms with Crippen molar-refractivity contribution in [1.29, 1.82) is 0 Å². The molecular weight excluding hydrogens is 208 g/mol. The Bertz CT molecular complexity index is 359. The van der Waals surface area contributed by atoms with Crippen LogP contribution >= 0.6 is 0 Å². The van der Waals surface area contributed by atoms with Crippen molar-refractivity contribution in [3.8, 4) is 5.88 Å². The molecule has 3 unspecified atom stereocenters. The molecule has 0 aromatic carbocycles. The first-order valence-corrected chi connectivity index (χ1v) is 5.38. The third-order valence-corrected chi connectivity index (χ3v) is 2.92. The lowest BCUT2D eigenvalue weighted by atomic mass is 9.97. The van der Waals surface area contributed by atoms with Gasteiger partial charge in [0.1, 0.15) is 11.8 Å². The molecule has 2 heterocycles. The minimum Gasteiger partial charge on any atom is -0.480 e. The van der Waals surface area contributed by atoms with Gasteiger partial charge in [-0.3, -0.25) is 4.98 Å². The van der Waals surface area contributed by atoms with Crippen molar-refractivity contribution >= 4 is 0 Å². The molecule has 3 atom stereocenters. The summed E-state index contributed by atoms with van der Waals surface area (Å²) in [5.74, 6) is 0.680. The van der Waals surface area contributed by atoms with Gasteiger partial charge in [-0.1, -0.05) is 6.92 Å². The Morgan fingerprint density at radius 1 is 1.50 bits per heavy atom. The third kappa shape index (κ3) is 2.01. The van der Waals surface area contributed by atoms with E-state index in [0.29, 0.717) is 24.1 Å². The van der Waals surface area contributed by atoms with E-state index in [2.05, 4.69) is 16.9 Å². The molecule has 0 spiro atoms. The number of aliphatic hydroxyl groups is 1. The summed E-state index contributed by atoms with van der Waals surface area (Å²) in [5, 5.41) is 10.2. The van der Waals surface area contributed by atoms with E-state index in [1.807, 2.05) is 0 Å². The van der Waals surface area contributed by atoms with Crippen LogP contribution in [0.15, 0.2) is 12.4 Å². The maximum absolute atomic E-state index is 10.2. The fourth-order valence-electron chi connectivity index (χ4n) is 1.97. The van der Waals surface area contributed by atoms with Crippen molar-refractivity contribution in [2.75, 3.05) is 13.7 Å². The highest BCUT2D eigenvalue weighted by Gasteiger charge is 2.34. The summed E-state index contributed by atoms with van der Waals surface area (Å²) in [4.78, 5) is 8.13. The van der Waals surface area contributed by atoms with Gasteiger partial charge >= 0.3 is 0 Å². The first kappa shape index (κ1) is 11.3. The molecule has 1 saturated heterocycles. The van der Waals surface area contributed by atoms with Crippen LogP contribution in [0.5, 0.6) is 5.88 Å². The van der Waals surface area contributed by atoms with Crippen molar-refractivity contribution in [2.45, 2.75) is 25.6 Å². The minimum atomic E-state index is -0.777. The number of methoxy groups -OCH3 is 1. The molecule has 0 saturated carbocycles. The molecule has 1 N–H and O–H groups in total. The standard InChI is InChI=1S/C11H16N2O3/c1-7-3-6-16-10(7)9(14)8-11(15-2)13-5-4-12-8/h4-5,7,9-10,14H,3,6H2,1-2H3. The zero-order chi connectivity index (χ0) is 11.5. The number of rotatable bonds is 3. The zero-order valence-corrected chi connectivity index (χ0v) is 9.46. The number of ether oxygens (including phenoxy) is 2. The number of hydrogen-bond acceptors (Lipinski definition) is 5. The van der Waals surface area contributed by atoms with Crippen LogP contribution in [0.4, 0.5) is 0 Å². The van der Waals surface area contributed by atoms with Gasteiger partial charge in [0.15, 0.2) is 0 Å². The van der Waals surface area contributed by atoms with Gasteiger partial charge in [-0.05, 0) is 12.3 Å². The molecule has 16 heavy (non-hydrogen) atoms. The van der Waals surface area contributed by atoms with Gasteiger partial charge in [0.05, 0.1) is 13.2 Å². The Hall–Kier alpha value is -1.20. The van der Waals surface area contributed by atoms with E-state index < -0.39 is 6.10 Å². The summed E-state index contributed by atoms with van der Waals surface area (Å²) in [6.07, 6.45) is 3.05. The SMILES string of the molecule is COc1nccnc1C(O)C1OCCC1C. The van der Waals surface area contributed by atoms with Gasteiger partial charge in [0, 0.05) is 19.0 Å². The summed E-state index contributed by atoms with van der Waals surface area (Å²) in [6.45, 7) is 2.75. The monoisotopic (exact) mass is 224 g/mol. The average Bonchev–Trinajstić information content (AvgIpc) is 2.74. The fraction of sp³-hybridized carbons (Fsp3) is 0.636. The smallest absolute Gasteiger partial charge is 0.238 e. The highest BCUT2D eigenvalue weighted by atomic mass is 16.5. The third-order valence-electron chi connectivity index (χ3n) is 2.92. The van der Waals surface area contributed by atoms with Crippen LogP contribution in [0, 0.1) is 5.92 Å². The number of nitrogens with zero attached hydrogens (tertiary/aromatic N) is 2. The molecule has 0 radical (unpaired) electrons. The molecule has 0 bridgehead atoms. The summed E-state index contributed by atoms with van der Waals surface area (Å²) in [7, 11) is 1.51. The van der Waals surface area contributed by atoms with Crippen LogP contribution in [-0.4, -0.2) is 34.9 Å². The van der Waals surface area contributed by atoms with Gasteiger partial charge in [-0.2, -0.15) is 0 Å². The number of aliphatic hydroxyl groups excluding tert-OH is 1. The quantitative estimate of drug-likeness (QED) is 0.827. The van der Waals surface area contributed by atoms with E-state index in [9.17, 15) is 5.11 Å².